The predicted octanol–water partition coefficient (Wildman–Crippen LogP) is 3.60. The van der Waals surface area contributed by atoms with Gasteiger partial charge in [-0.2, -0.15) is 0 Å². The average molecular weight is 197 g/mol. The van der Waals surface area contributed by atoms with Crippen molar-refractivity contribution >= 4 is 11.6 Å². The standard InChI is InChI=1S/C11H13ClO/c1-3-6-11(13-2)9-7-4-5-8-10(9)12/h3-5,7-8,11H,1,6H2,2H3/t11-/m0/s1. The topological polar surface area (TPSA) is 9.23 Å². The molecule has 2 heteroatoms. The van der Waals surface area contributed by atoms with Gasteiger partial charge in [0, 0.05) is 12.1 Å². The first kappa shape index (κ1) is 10.3. The minimum absolute atomic E-state index is 0.0196. The third-order valence-electron chi connectivity index (χ3n) is 1.92. The molecule has 1 rings (SSSR count). The summed E-state index contributed by atoms with van der Waals surface area (Å²) < 4.78 is 5.30. The molecule has 70 valence electrons. The second-order valence-electron chi connectivity index (χ2n) is 2.77. The Morgan fingerprint density at radius 2 is 2.23 bits per heavy atom. The maximum absolute atomic E-state index is 6.02. The van der Waals surface area contributed by atoms with Gasteiger partial charge in [0.1, 0.15) is 0 Å². The molecule has 1 nitrogen and oxygen atoms in total. The van der Waals surface area contributed by atoms with Crippen molar-refractivity contribution in [2.24, 2.45) is 0 Å². The Morgan fingerprint density at radius 3 is 2.77 bits per heavy atom. The first-order chi connectivity index (χ1) is 6.29. The maximum atomic E-state index is 6.02. The highest BCUT2D eigenvalue weighted by Crippen LogP contribution is 2.27. The van der Waals surface area contributed by atoms with Crippen LogP contribution in [0.15, 0.2) is 36.9 Å². The zero-order valence-electron chi connectivity index (χ0n) is 7.66. The van der Waals surface area contributed by atoms with Gasteiger partial charge in [0.05, 0.1) is 6.10 Å². The van der Waals surface area contributed by atoms with E-state index in [4.69, 9.17) is 16.3 Å². The largest absolute Gasteiger partial charge is 0.376 e. The van der Waals surface area contributed by atoms with Crippen molar-refractivity contribution < 1.29 is 4.74 Å². The van der Waals surface area contributed by atoms with E-state index in [1.807, 2.05) is 30.3 Å². The van der Waals surface area contributed by atoms with Crippen molar-refractivity contribution in [2.45, 2.75) is 12.5 Å². The van der Waals surface area contributed by atoms with E-state index in [-0.39, 0.29) is 6.10 Å². The number of rotatable bonds is 4. The van der Waals surface area contributed by atoms with Gasteiger partial charge in [-0.25, -0.2) is 0 Å². The van der Waals surface area contributed by atoms with Gasteiger partial charge in [0.15, 0.2) is 0 Å². The molecule has 0 unspecified atom stereocenters. The Labute approximate surface area is 84.0 Å². The summed E-state index contributed by atoms with van der Waals surface area (Å²) in [5, 5.41) is 0.746. The first-order valence-electron chi connectivity index (χ1n) is 4.17. The van der Waals surface area contributed by atoms with Gasteiger partial charge in [0.2, 0.25) is 0 Å². The number of ether oxygens (including phenoxy) is 1. The molecule has 1 atom stereocenters. The molecule has 0 saturated carbocycles. The van der Waals surface area contributed by atoms with Crippen LogP contribution in [0, 0.1) is 0 Å². The van der Waals surface area contributed by atoms with Crippen LogP contribution in [0.5, 0.6) is 0 Å². The zero-order chi connectivity index (χ0) is 9.68. The molecule has 0 amide bonds. The number of halogens is 1. The molecule has 0 radical (unpaired) electrons. The molecule has 0 bridgehead atoms. The van der Waals surface area contributed by atoms with Crippen LogP contribution in [-0.2, 0) is 4.74 Å². The van der Waals surface area contributed by atoms with Crippen molar-refractivity contribution in [3.8, 4) is 0 Å². The van der Waals surface area contributed by atoms with Gasteiger partial charge in [0.25, 0.3) is 0 Å². The van der Waals surface area contributed by atoms with Gasteiger partial charge >= 0.3 is 0 Å². The Balaban J connectivity index is 2.90. The van der Waals surface area contributed by atoms with E-state index < -0.39 is 0 Å². The lowest BCUT2D eigenvalue weighted by Gasteiger charge is -2.14. The summed E-state index contributed by atoms with van der Waals surface area (Å²) in [6.07, 6.45) is 2.63. The fourth-order valence-corrected chi connectivity index (χ4v) is 1.50. The molecular formula is C11H13ClO. The number of benzene rings is 1. The Kier molecular flexibility index (Phi) is 4.00. The Morgan fingerprint density at radius 1 is 1.54 bits per heavy atom. The zero-order valence-corrected chi connectivity index (χ0v) is 8.42. The molecule has 1 aromatic rings. The molecule has 13 heavy (non-hydrogen) atoms. The highest BCUT2D eigenvalue weighted by Gasteiger charge is 2.10. The van der Waals surface area contributed by atoms with Crippen molar-refractivity contribution in [1.29, 1.82) is 0 Å². The van der Waals surface area contributed by atoms with Crippen molar-refractivity contribution in [3.63, 3.8) is 0 Å². The normalized spacial score (nSPS) is 12.5. The van der Waals surface area contributed by atoms with Crippen LogP contribution in [0.2, 0.25) is 5.02 Å². The SMILES string of the molecule is C=CC[C@H](OC)c1ccccc1Cl. The van der Waals surface area contributed by atoms with Gasteiger partial charge in [-0.3, -0.25) is 0 Å². The number of methoxy groups -OCH3 is 1. The van der Waals surface area contributed by atoms with Crippen LogP contribution in [0.3, 0.4) is 0 Å². The molecule has 0 heterocycles. The molecule has 0 saturated heterocycles. The van der Waals surface area contributed by atoms with Gasteiger partial charge in [-0.1, -0.05) is 35.9 Å². The second-order valence-corrected chi connectivity index (χ2v) is 3.18. The highest BCUT2D eigenvalue weighted by molar-refractivity contribution is 6.31. The fraction of sp³-hybridized carbons (Fsp3) is 0.273. The lowest BCUT2D eigenvalue weighted by atomic mass is 10.1. The molecule has 1 aromatic carbocycles. The molecule has 0 aliphatic heterocycles. The van der Waals surface area contributed by atoms with Crippen LogP contribution in [-0.4, -0.2) is 7.11 Å². The van der Waals surface area contributed by atoms with E-state index in [1.54, 1.807) is 7.11 Å². The molecular weight excluding hydrogens is 184 g/mol. The summed E-state index contributed by atoms with van der Waals surface area (Å²) in [7, 11) is 1.68. The van der Waals surface area contributed by atoms with Gasteiger partial charge in [-0.15, -0.1) is 6.58 Å². The predicted molar refractivity (Wildman–Crippen MR) is 56.0 cm³/mol. The van der Waals surface area contributed by atoms with Crippen molar-refractivity contribution in [1.82, 2.24) is 0 Å². The van der Waals surface area contributed by atoms with E-state index in [2.05, 4.69) is 6.58 Å². The summed E-state index contributed by atoms with van der Waals surface area (Å²) in [6, 6.07) is 7.70. The molecule has 0 aliphatic rings. The van der Waals surface area contributed by atoms with E-state index in [1.165, 1.54) is 0 Å². The Bertz CT molecular complexity index is 283. The quantitative estimate of drug-likeness (QED) is 0.669. The maximum Gasteiger partial charge on any atom is 0.0869 e. The molecule has 0 spiro atoms. The van der Waals surface area contributed by atoms with E-state index in [9.17, 15) is 0 Å². The van der Waals surface area contributed by atoms with Gasteiger partial charge < -0.3 is 4.74 Å². The number of hydrogen-bond acceptors (Lipinski definition) is 1. The minimum Gasteiger partial charge on any atom is -0.376 e. The van der Waals surface area contributed by atoms with E-state index in [0.29, 0.717) is 0 Å². The molecule has 0 aromatic heterocycles. The second kappa shape index (κ2) is 5.05. The van der Waals surface area contributed by atoms with Crippen molar-refractivity contribution in [2.75, 3.05) is 7.11 Å². The summed E-state index contributed by atoms with van der Waals surface area (Å²) in [5.74, 6) is 0. The van der Waals surface area contributed by atoms with Crippen LogP contribution in [0.4, 0.5) is 0 Å². The van der Waals surface area contributed by atoms with Crippen molar-refractivity contribution in [3.05, 3.63) is 47.5 Å². The first-order valence-corrected chi connectivity index (χ1v) is 4.55. The van der Waals surface area contributed by atoms with E-state index >= 15 is 0 Å². The van der Waals surface area contributed by atoms with Crippen LogP contribution >= 0.6 is 11.6 Å². The summed E-state index contributed by atoms with van der Waals surface area (Å²) >= 11 is 6.02. The average Bonchev–Trinajstić information content (AvgIpc) is 2.16. The lowest BCUT2D eigenvalue weighted by Crippen LogP contribution is -2.00. The lowest BCUT2D eigenvalue weighted by molar-refractivity contribution is 0.106. The molecule has 0 aliphatic carbocycles. The third-order valence-corrected chi connectivity index (χ3v) is 2.26. The van der Waals surface area contributed by atoms with Gasteiger partial charge in [-0.05, 0) is 18.1 Å². The smallest absolute Gasteiger partial charge is 0.0869 e. The summed E-state index contributed by atoms with van der Waals surface area (Å²) in [5.41, 5.74) is 1.02. The summed E-state index contributed by atoms with van der Waals surface area (Å²) in [6.45, 7) is 3.68. The van der Waals surface area contributed by atoms with Crippen LogP contribution in [0.25, 0.3) is 0 Å². The fourth-order valence-electron chi connectivity index (χ4n) is 1.24. The summed E-state index contributed by atoms with van der Waals surface area (Å²) in [4.78, 5) is 0. The van der Waals surface area contributed by atoms with E-state index in [0.717, 1.165) is 17.0 Å². The monoisotopic (exact) mass is 196 g/mol. The Hall–Kier alpha value is -0.790. The molecule has 0 N–H and O–H groups in total. The van der Waals surface area contributed by atoms with Crippen LogP contribution < -0.4 is 0 Å². The minimum atomic E-state index is 0.0196. The van der Waals surface area contributed by atoms with Crippen LogP contribution in [0.1, 0.15) is 18.1 Å². The number of hydrogen-bond donors (Lipinski definition) is 0. The highest BCUT2D eigenvalue weighted by atomic mass is 35.5. The third kappa shape index (κ3) is 2.58. The molecule has 0 fully saturated rings.